The van der Waals surface area contributed by atoms with E-state index in [4.69, 9.17) is 4.42 Å². The molecular weight excluding hydrogens is 499 g/mol. The molecule has 0 spiro atoms. The predicted molar refractivity (Wildman–Crippen MR) is 137 cm³/mol. The van der Waals surface area contributed by atoms with Crippen LogP contribution in [-0.2, 0) is 13.2 Å². The fraction of sp³-hybridized carbons (Fsp3) is 0.179. The lowest BCUT2D eigenvalue weighted by Crippen LogP contribution is -2.12. The largest absolute Gasteiger partial charge is 0.478 e. The summed E-state index contributed by atoms with van der Waals surface area (Å²) in [7, 11) is 1.53. The number of aromatic carboxylic acids is 1. The SMILES string of the molecule is Cc1cc([C@@H](C)Nc2ccccc2C(=O)O)c2oc(-c3cc(C(F)(F)F)c4nn(C)cc4c3)cc(=O)c2c1. The summed E-state index contributed by atoms with van der Waals surface area (Å²) < 4.78 is 49.0. The third kappa shape index (κ3) is 4.49. The first kappa shape index (κ1) is 25.1. The Hall–Kier alpha value is -4.60. The highest BCUT2D eigenvalue weighted by Gasteiger charge is 2.35. The van der Waals surface area contributed by atoms with Gasteiger partial charge in [-0.3, -0.25) is 9.48 Å². The Labute approximate surface area is 214 Å². The molecular formula is C28H22F3N3O4. The molecule has 10 heteroatoms. The van der Waals surface area contributed by atoms with Crippen LogP contribution in [0.1, 0.15) is 40.0 Å². The molecule has 0 unspecified atom stereocenters. The maximum Gasteiger partial charge on any atom is 0.418 e. The molecule has 5 aromatic rings. The number of para-hydroxylation sites is 1. The van der Waals surface area contributed by atoms with Crippen molar-refractivity contribution in [1.29, 1.82) is 0 Å². The Morgan fingerprint density at radius 3 is 2.58 bits per heavy atom. The summed E-state index contributed by atoms with van der Waals surface area (Å²) in [4.78, 5) is 24.8. The number of nitrogens with one attached hydrogen (secondary N) is 1. The average Bonchev–Trinajstić information content (AvgIpc) is 3.22. The van der Waals surface area contributed by atoms with Gasteiger partial charge in [0.2, 0.25) is 0 Å². The van der Waals surface area contributed by atoms with E-state index >= 15 is 0 Å². The molecule has 3 aromatic carbocycles. The fourth-order valence-electron chi connectivity index (χ4n) is 4.62. The Balaban J connectivity index is 1.69. The van der Waals surface area contributed by atoms with E-state index in [0.29, 0.717) is 11.3 Å². The summed E-state index contributed by atoms with van der Waals surface area (Å²) in [6.07, 6.45) is -3.20. The van der Waals surface area contributed by atoms with E-state index in [2.05, 4.69) is 10.4 Å². The van der Waals surface area contributed by atoms with Crippen LogP contribution in [0, 0.1) is 6.92 Å². The number of alkyl halides is 3. The molecule has 0 aliphatic rings. The molecule has 2 N–H and O–H groups in total. The number of nitrogens with zero attached hydrogens (tertiary/aromatic N) is 2. The van der Waals surface area contributed by atoms with E-state index in [1.807, 2.05) is 0 Å². The molecule has 0 radical (unpaired) electrons. The van der Waals surface area contributed by atoms with Gasteiger partial charge in [-0.15, -0.1) is 0 Å². The van der Waals surface area contributed by atoms with Gasteiger partial charge in [-0.25, -0.2) is 4.79 Å². The van der Waals surface area contributed by atoms with Crippen molar-refractivity contribution in [1.82, 2.24) is 9.78 Å². The van der Waals surface area contributed by atoms with Gasteiger partial charge < -0.3 is 14.8 Å². The lowest BCUT2D eigenvalue weighted by Gasteiger charge is -2.19. The molecule has 0 bridgehead atoms. The maximum absolute atomic E-state index is 13.9. The number of aryl methyl sites for hydroxylation is 2. The first-order chi connectivity index (χ1) is 17.9. The van der Waals surface area contributed by atoms with Crippen molar-refractivity contribution < 1.29 is 27.5 Å². The summed E-state index contributed by atoms with van der Waals surface area (Å²) >= 11 is 0. The van der Waals surface area contributed by atoms with Crippen molar-refractivity contribution in [2.24, 2.45) is 7.05 Å². The molecule has 0 amide bonds. The van der Waals surface area contributed by atoms with Crippen molar-refractivity contribution in [3.63, 3.8) is 0 Å². The number of hydrogen-bond donors (Lipinski definition) is 2. The van der Waals surface area contributed by atoms with Crippen LogP contribution in [0.15, 0.2) is 70.0 Å². The molecule has 2 aromatic heterocycles. The monoisotopic (exact) mass is 521 g/mol. The lowest BCUT2D eigenvalue weighted by atomic mass is 9.99. The molecule has 38 heavy (non-hydrogen) atoms. The minimum atomic E-state index is -4.67. The highest BCUT2D eigenvalue weighted by molar-refractivity contribution is 5.94. The molecule has 0 aliphatic carbocycles. The highest BCUT2D eigenvalue weighted by atomic mass is 19.4. The van der Waals surface area contributed by atoms with Crippen molar-refractivity contribution in [2.75, 3.05) is 5.32 Å². The van der Waals surface area contributed by atoms with Crippen LogP contribution in [0.2, 0.25) is 0 Å². The number of rotatable bonds is 5. The third-order valence-electron chi connectivity index (χ3n) is 6.31. The van der Waals surface area contributed by atoms with E-state index in [9.17, 15) is 27.9 Å². The second kappa shape index (κ2) is 9.05. The van der Waals surface area contributed by atoms with Crippen molar-refractivity contribution in [2.45, 2.75) is 26.1 Å². The number of hydrogen-bond acceptors (Lipinski definition) is 5. The van der Waals surface area contributed by atoms with Crippen LogP contribution in [0.5, 0.6) is 0 Å². The van der Waals surface area contributed by atoms with Gasteiger partial charge in [0.15, 0.2) is 5.43 Å². The Bertz CT molecular complexity index is 1790. The Morgan fingerprint density at radius 1 is 1.13 bits per heavy atom. The van der Waals surface area contributed by atoms with E-state index in [0.717, 1.165) is 11.6 Å². The van der Waals surface area contributed by atoms with Crippen molar-refractivity contribution in [3.8, 4) is 11.3 Å². The molecule has 1 atom stereocenters. The molecule has 0 fully saturated rings. The number of carboxylic acids is 1. The number of aromatic nitrogens is 2. The maximum atomic E-state index is 13.9. The van der Waals surface area contributed by atoms with E-state index in [1.54, 1.807) is 44.2 Å². The molecule has 194 valence electrons. The van der Waals surface area contributed by atoms with Gasteiger partial charge in [0.25, 0.3) is 0 Å². The van der Waals surface area contributed by atoms with Gasteiger partial charge in [-0.1, -0.05) is 18.2 Å². The zero-order chi connectivity index (χ0) is 27.4. The summed E-state index contributed by atoms with van der Waals surface area (Å²) in [5.74, 6) is -1.13. The molecule has 5 rings (SSSR count). The van der Waals surface area contributed by atoms with Gasteiger partial charge in [0.1, 0.15) is 16.9 Å². The smallest absolute Gasteiger partial charge is 0.418 e. The third-order valence-corrected chi connectivity index (χ3v) is 6.31. The second-order valence-corrected chi connectivity index (χ2v) is 9.18. The minimum absolute atomic E-state index is 0.0259. The van der Waals surface area contributed by atoms with Crippen molar-refractivity contribution in [3.05, 3.63) is 93.3 Å². The number of carboxylic acid groups (broad SMARTS) is 1. The van der Waals surface area contributed by atoms with Crippen LogP contribution >= 0.6 is 0 Å². The topological polar surface area (TPSA) is 97.4 Å². The van der Waals surface area contributed by atoms with Gasteiger partial charge in [0.05, 0.1) is 22.6 Å². The van der Waals surface area contributed by atoms with Crippen LogP contribution in [0.4, 0.5) is 18.9 Å². The van der Waals surface area contributed by atoms with Gasteiger partial charge in [-0.2, -0.15) is 18.3 Å². The van der Waals surface area contributed by atoms with Crippen LogP contribution in [0.3, 0.4) is 0 Å². The average molecular weight is 521 g/mol. The predicted octanol–water partition coefficient (Wildman–Crippen LogP) is 6.55. The number of halogens is 3. The summed E-state index contributed by atoms with van der Waals surface area (Å²) in [6, 6.07) is 12.9. The summed E-state index contributed by atoms with van der Waals surface area (Å²) in [5, 5.41) is 17.2. The summed E-state index contributed by atoms with van der Waals surface area (Å²) in [5.41, 5.74) is 0.507. The van der Waals surface area contributed by atoms with Crippen LogP contribution in [0.25, 0.3) is 33.2 Å². The zero-order valence-corrected chi connectivity index (χ0v) is 20.6. The normalized spacial score (nSPS) is 12.7. The molecule has 7 nitrogen and oxygen atoms in total. The van der Waals surface area contributed by atoms with Gasteiger partial charge >= 0.3 is 12.1 Å². The van der Waals surface area contributed by atoms with E-state index in [1.165, 1.54) is 36.1 Å². The van der Waals surface area contributed by atoms with E-state index in [-0.39, 0.29) is 38.8 Å². The molecule has 2 heterocycles. The first-order valence-corrected chi connectivity index (χ1v) is 11.6. The number of carbonyl (C=O) groups is 1. The van der Waals surface area contributed by atoms with E-state index < -0.39 is 29.2 Å². The van der Waals surface area contributed by atoms with Crippen molar-refractivity contribution >= 4 is 33.5 Å². The number of fused-ring (bicyclic) bond motifs is 2. The lowest BCUT2D eigenvalue weighted by molar-refractivity contribution is -0.136. The standard InChI is InChI=1S/C28H22F3N3O4/c1-14-8-19(15(2)32-22-7-5-4-6-18(22)27(36)37)26-20(9-14)23(35)12-24(38-26)16-10-17-13-34(3)33-25(17)21(11-16)28(29,30)31/h4-13,15,32H,1-3H3,(H,36,37)/t15-/m1/s1. The minimum Gasteiger partial charge on any atom is -0.478 e. The first-order valence-electron chi connectivity index (χ1n) is 11.6. The Kier molecular flexibility index (Phi) is 5.97. The highest BCUT2D eigenvalue weighted by Crippen LogP contribution is 2.38. The number of benzene rings is 3. The van der Waals surface area contributed by atoms with Gasteiger partial charge in [-0.05, 0) is 49.7 Å². The Morgan fingerprint density at radius 2 is 1.87 bits per heavy atom. The molecule has 0 saturated heterocycles. The fourth-order valence-corrected chi connectivity index (χ4v) is 4.62. The zero-order valence-electron chi connectivity index (χ0n) is 20.6. The van der Waals surface area contributed by atoms with Crippen LogP contribution in [-0.4, -0.2) is 20.9 Å². The summed E-state index contributed by atoms with van der Waals surface area (Å²) in [6.45, 7) is 3.59. The second-order valence-electron chi connectivity index (χ2n) is 9.18. The molecule has 0 aliphatic heterocycles. The van der Waals surface area contributed by atoms with Crippen LogP contribution < -0.4 is 10.7 Å². The quantitative estimate of drug-likeness (QED) is 0.272. The van der Waals surface area contributed by atoms with Gasteiger partial charge in [0, 0.05) is 41.5 Å². The number of anilines is 1. The molecule has 0 saturated carbocycles.